The van der Waals surface area contributed by atoms with Crippen LogP contribution in [-0.2, 0) is 30.7 Å². The van der Waals surface area contributed by atoms with Crippen molar-refractivity contribution in [3.05, 3.63) is 85.8 Å². The molecular formula is C29H28ClNO6. The summed E-state index contributed by atoms with van der Waals surface area (Å²) in [6.45, 7) is 3.51. The molecule has 2 aromatic rings. The number of halogens is 1. The summed E-state index contributed by atoms with van der Waals surface area (Å²) in [7, 11) is 0. The van der Waals surface area contributed by atoms with E-state index in [1.54, 1.807) is 0 Å². The van der Waals surface area contributed by atoms with E-state index >= 15 is 0 Å². The molecule has 0 radical (unpaired) electrons. The van der Waals surface area contributed by atoms with Gasteiger partial charge in [-0.3, -0.25) is 14.5 Å². The summed E-state index contributed by atoms with van der Waals surface area (Å²) < 4.78 is 0. The van der Waals surface area contributed by atoms with Gasteiger partial charge in [-0.15, -0.1) is 0 Å². The van der Waals surface area contributed by atoms with E-state index in [-0.39, 0.29) is 47.5 Å². The number of carbonyl (C=O) groups is 2. The molecule has 0 fully saturated rings. The number of hydrogen-bond donors (Lipinski definition) is 4. The molecule has 0 saturated heterocycles. The molecule has 1 aliphatic heterocycles. The van der Waals surface area contributed by atoms with Crippen LogP contribution in [0, 0.1) is 11.8 Å². The molecule has 8 heteroatoms. The fourth-order valence-electron chi connectivity index (χ4n) is 6.66. The molecule has 2 aromatic carbocycles. The Kier molecular flexibility index (Phi) is 5.53. The fraction of sp³-hybridized carbons (Fsp3) is 0.379. The van der Waals surface area contributed by atoms with E-state index < -0.39 is 34.8 Å². The van der Waals surface area contributed by atoms with Crippen LogP contribution in [0.3, 0.4) is 0 Å². The lowest BCUT2D eigenvalue weighted by Gasteiger charge is -2.45. The summed E-state index contributed by atoms with van der Waals surface area (Å²) in [6, 6.07) is 9.82. The van der Waals surface area contributed by atoms with Crippen LogP contribution in [0.1, 0.15) is 52.4 Å². The van der Waals surface area contributed by atoms with E-state index in [1.807, 2.05) is 12.1 Å². The molecule has 1 heterocycles. The van der Waals surface area contributed by atoms with Crippen molar-refractivity contribution < 1.29 is 30.0 Å². The van der Waals surface area contributed by atoms with Crippen molar-refractivity contribution in [3.8, 4) is 5.75 Å². The van der Waals surface area contributed by atoms with Gasteiger partial charge in [0.1, 0.15) is 11.5 Å². The maximum atomic E-state index is 13.6. The first-order chi connectivity index (χ1) is 17.6. The van der Waals surface area contributed by atoms with Gasteiger partial charge in [-0.2, -0.15) is 0 Å². The number of hydrogen-bond acceptors (Lipinski definition) is 7. The van der Waals surface area contributed by atoms with E-state index in [2.05, 4.69) is 17.0 Å². The molecule has 1 unspecified atom stereocenters. The van der Waals surface area contributed by atoms with Crippen LogP contribution >= 0.6 is 11.6 Å². The third-order valence-corrected chi connectivity index (χ3v) is 9.16. The SMILES string of the molecule is CC1=C(O)C[C@@H]2CC3Cc4c(Cl)c(CN5CCc6ccccc6C5)cc(O)c4C(=O)C3=C(O)[C@]2(O)C1=O. The van der Waals surface area contributed by atoms with Gasteiger partial charge in [-0.05, 0) is 60.4 Å². The normalized spacial score (nSPS) is 27.5. The quantitative estimate of drug-likeness (QED) is 0.464. The number of rotatable bonds is 2. The Bertz CT molecular complexity index is 1440. The number of nitrogens with zero attached hydrogens (tertiary/aromatic N) is 1. The van der Waals surface area contributed by atoms with Crippen LogP contribution in [0.4, 0.5) is 0 Å². The van der Waals surface area contributed by atoms with Gasteiger partial charge in [0.05, 0.1) is 11.3 Å². The average Bonchev–Trinajstić information content (AvgIpc) is 2.87. The van der Waals surface area contributed by atoms with Crippen molar-refractivity contribution >= 4 is 23.2 Å². The van der Waals surface area contributed by atoms with Gasteiger partial charge in [0.2, 0.25) is 5.78 Å². The van der Waals surface area contributed by atoms with Gasteiger partial charge in [0.15, 0.2) is 11.4 Å². The number of fused-ring (bicyclic) bond motifs is 4. The van der Waals surface area contributed by atoms with Crippen LogP contribution in [0.25, 0.3) is 0 Å². The zero-order valence-corrected chi connectivity index (χ0v) is 21.2. The molecule has 0 amide bonds. The Hall–Kier alpha value is -3.13. The lowest BCUT2D eigenvalue weighted by atomic mass is 9.60. The third kappa shape index (κ3) is 3.48. The van der Waals surface area contributed by atoms with Crippen LogP contribution in [-0.4, -0.2) is 49.0 Å². The highest BCUT2D eigenvalue weighted by Crippen LogP contribution is 2.52. The van der Waals surface area contributed by atoms with Gasteiger partial charge >= 0.3 is 0 Å². The van der Waals surface area contributed by atoms with Crippen molar-refractivity contribution in [2.24, 2.45) is 11.8 Å². The second-order valence-electron chi connectivity index (χ2n) is 10.7. The minimum absolute atomic E-state index is 0.0101. The van der Waals surface area contributed by atoms with E-state index in [0.717, 1.165) is 25.1 Å². The minimum atomic E-state index is -2.26. The third-order valence-electron chi connectivity index (χ3n) is 8.69. The molecule has 0 spiro atoms. The van der Waals surface area contributed by atoms with Crippen molar-refractivity contribution in [3.63, 3.8) is 0 Å². The van der Waals surface area contributed by atoms with Gasteiger partial charge in [0.25, 0.3) is 0 Å². The molecule has 0 saturated carbocycles. The average molecular weight is 522 g/mol. The zero-order valence-electron chi connectivity index (χ0n) is 20.4. The molecule has 6 rings (SSSR count). The Morgan fingerprint density at radius 3 is 2.59 bits per heavy atom. The first kappa shape index (κ1) is 24.2. The molecular weight excluding hydrogens is 494 g/mol. The smallest absolute Gasteiger partial charge is 0.201 e. The number of aliphatic hydroxyl groups is 3. The van der Waals surface area contributed by atoms with Crippen molar-refractivity contribution in [1.29, 1.82) is 0 Å². The fourth-order valence-corrected chi connectivity index (χ4v) is 6.95. The molecule has 192 valence electrons. The number of aromatic hydroxyl groups is 1. The van der Waals surface area contributed by atoms with Crippen LogP contribution in [0.5, 0.6) is 5.75 Å². The number of ketones is 2. The minimum Gasteiger partial charge on any atom is -0.512 e. The Morgan fingerprint density at radius 2 is 1.84 bits per heavy atom. The monoisotopic (exact) mass is 521 g/mol. The first-order valence-corrected chi connectivity index (χ1v) is 13.0. The van der Waals surface area contributed by atoms with Crippen molar-refractivity contribution in [2.75, 3.05) is 6.54 Å². The topological polar surface area (TPSA) is 118 Å². The molecule has 0 bridgehead atoms. The van der Waals surface area contributed by atoms with Crippen molar-refractivity contribution in [1.82, 2.24) is 4.90 Å². The van der Waals surface area contributed by atoms with E-state index in [0.29, 0.717) is 17.1 Å². The van der Waals surface area contributed by atoms with Gasteiger partial charge < -0.3 is 20.4 Å². The van der Waals surface area contributed by atoms with Crippen LogP contribution in [0.15, 0.2) is 53.0 Å². The predicted octanol–water partition coefficient (Wildman–Crippen LogP) is 4.33. The highest BCUT2D eigenvalue weighted by molar-refractivity contribution is 6.33. The lowest BCUT2D eigenvalue weighted by Crippen LogP contribution is -2.55. The van der Waals surface area contributed by atoms with Gasteiger partial charge in [-0.25, -0.2) is 0 Å². The van der Waals surface area contributed by atoms with Crippen LogP contribution < -0.4 is 0 Å². The number of aliphatic hydroxyl groups excluding tert-OH is 2. The molecule has 3 aliphatic carbocycles. The number of phenols is 1. The Balaban J connectivity index is 1.37. The summed E-state index contributed by atoms with van der Waals surface area (Å²) in [5, 5.41) is 44.0. The standard InChI is InChI=1S/C29H28ClNO6/c1-14-21(32)11-19-8-17-9-20-24(26(34)23(17)28(36)29(19,37)27(14)35)22(33)10-18(25(20)30)13-31-7-6-15-4-2-3-5-16(15)12-31/h2-5,10,17,19,32-33,36-37H,6-9,11-13H2,1H3/t17?,19-,29+/m0/s1. The maximum Gasteiger partial charge on any atom is 0.201 e. The summed E-state index contributed by atoms with van der Waals surface area (Å²) >= 11 is 6.86. The van der Waals surface area contributed by atoms with Crippen molar-refractivity contribution in [2.45, 2.75) is 51.3 Å². The number of allylic oxidation sites excluding steroid dienone is 2. The lowest BCUT2D eigenvalue weighted by molar-refractivity contribution is -0.142. The Labute approximate surface area is 219 Å². The number of Topliss-reactive ketones (excluding diaryl/α,β-unsaturated/α-hetero) is 2. The number of benzene rings is 2. The Morgan fingerprint density at radius 1 is 1.11 bits per heavy atom. The highest BCUT2D eigenvalue weighted by atomic mass is 35.5. The molecule has 4 N–H and O–H groups in total. The summed E-state index contributed by atoms with van der Waals surface area (Å²) in [6.07, 6.45) is 1.43. The molecule has 0 aromatic heterocycles. The molecule has 37 heavy (non-hydrogen) atoms. The number of carbonyl (C=O) groups excluding carboxylic acids is 2. The first-order valence-electron chi connectivity index (χ1n) is 12.6. The number of phenolic OH excluding ortho intramolecular Hbond substituents is 1. The van der Waals surface area contributed by atoms with E-state index in [4.69, 9.17) is 11.6 Å². The predicted molar refractivity (Wildman–Crippen MR) is 137 cm³/mol. The second-order valence-corrected chi connectivity index (χ2v) is 11.1. The highest BCUT2D eigenvalue weighted by Gasteiger charge is 2.58. The summed E-state index contributed by atoms with van der Waals surface area (Å²) in [5.74, 6) is -3.71. The molecule has 7 nitrogen and oxygen atoms in total. The summed E-state index contributed by atoms with van der Waals surface area (Å²) in [5.41, 5.74) is 1.50. The van der Waals surface area contributed by atoms with Crippen LogP contribution in [0.2, 0.25) is 5.02 Å². The largest absolute Gasteiger partial charge is 0.512 e. The summed E-state index contributed by atoms with van der Waals surface area (Å²) in [4.78, 5) is 28.8. The zero-order chi connectivity index (χ0) is 26.2. The van der Waals surface area contributed by atoms with Gasteiger partial charge in [0, 0.05) is 48.1 Å². The van der Waals surface area contributed by atoms with E-state index in [1.165, 1.54) is 24.1 Å². The molecule has 4 aliphatic rings. The van der Waals surface area contributed by atoms with Gasteiger partial charge in [-0.1, -0.05) is 35.9 Å². The second kappa shape index (κ2) is 8.45. The van der Waals surface area contributed by atoms with E-state index in [9.17, 15) is 30.0 Å². The molecule has 3 atom stereocenters. The maximum absolute atomic E-state index is 13.6.